The van der Waals surface area contributed by atoms with Gasteiger partial charge in [0.25, 0.3) is 11.8 Å². The minimum Gasteiger partial charge on any atom is -0.459 e. The first-order chi connectivity index (χ1) is 14.9. The Morgan fingerprint density at radius 1 is 1.35 bits per heavy atom. The van der Waals surface area contributed by atoms with Crippen LogP contribution in [-0.2, 0) is 17.8 Å². The smallest absolute Gasteiger partial charge is 0.268 e. The number of hydrogen-bond donors (Lipinski definition) is 3. The molecule has 1 aromatic carbocycles. The van der Waals surface area contributed by atoms with Gasteiger partial charge in [-0.25, -0.2) is 4.98 Å². The molecule has 2 atom stereocenters. The Hall–Kier alpha value is -2.97. The van der Waals surface area contributed by atoms with Gasteiger partial charge >= 0.3 is 0 Å². The summed E-state index contributed by atoms with van der Waals surface area (Å²) in [5.74, 6) is -0.203. The molecule has 3 aliphatic rings. The number of rotatable bonds is 5. The molecule has 162 valence electrons. The van der Waals surface area contributed by atoms with Crippen LogP contribution in [-0.4, -0.2) is 57.6 Å². The average Bonchev–Trinajstić information content (AvgIpc) is 3.57. The fourth-order valence-corrected chi connectivity index (χ4v) is 4.24. The maximum atomic E-state index is 12.6. The molecule has 5 rings (SSSR count). The van der Waals surface area contributed by atoms with Gasteiger partial charge in [-0.1, -0.05) is 24.3 Å². The largest absolute Gasteiger partial charge is 0.459 e. The predicted molar refractivity (Wildman–Crippen MR) is 114 cm³/mol. The summed E-state index contributed by atoms with van der Waals surface area (Å²) in [6, 6.07) is 9.82. The summed E-state index contributed by atoms with van der Waals surface area (Å²) in [6.45, 7) is 3.77. The molecule has 0 bridgehead atoms. The Labute approximate surface area is 180 Å². The maximum absolute atomic E-state index is 12.6. The molecule has 1 aliphatic carbocycles. The van der Waals surface area contributed by atoms with E-state index in [4.69, 9.17) is 4.74 Å². The molecule has 0 unspecified atom stereocenters. The Morgan fingerprint density at radius 2 is 2.13 bits per heavy atom. The van der Waals surface area contributed by atoms with Crippen LogP contribution < -0.4 is 15.4 Å². The first-order valence-electron chi connectivity index (χ1n) is 10.7. The van der Waals surface area contributed by atoms with E-state index >= 15 is 0 Å². The quantitative estimate of drug-likeness (QED) is 0.675. The van der Waals surface area contributed by atoms with Crippen LogP contribution in [0.2, 0.25) is 0 Å². The molecule has 1 saturated carbocycles. The Bertz CT molecular complexity index is 1040. The molecule has 8 heteroatoms. The van der Waals surface area contributed by atoms with E-state index in [0.717, 1.165) is 19.5 Å². The van der Waals surface area contributed by atoms with Crippen molar-refractivity contribution < 1.29 is 19.4 Å². The van der Waals surface area contributed by atoms with Crippen molar-refractivity contribution in [3.63, 3.8) is 0 Å². The summed E-state index contributed by atoms with van der Waals surface area (Å²) in [4.78, 5) is 31.2. The number of hydrogen-bond acceptors (Lipinski definition) is 6. The van der Waals surface area contributed by atoms with Gasteiger partial charge < -0.3 is 20.5 Å². The molecular weight excluding hydrogens is 396 g/mol. The molecular formula is C23H26N4O4. The lowest BCUT2D eigenvalue weighted by Gasteiger charge is -2.36. The van der Waals surface area contributed by atoms with Crippen LogP contribution in [0.1, 0.15) is 41.3 Å². The normalized spacial score (nSPS) is 20.6. The molecule has 2 aliphatic heterocycles. The minimum atomic E-state index is -0.765. The number of fused-ring (bicyclic) bond motifs is 2. The number of nitrogens with one attached hydrogen (secondary N) is 2. The summed E-state index contributed by atoms with van der Waals surface area (Å²) < 4.78 is 5.70. The van der Waals surface area contributed by atoms with Crippen LogP contribution in [0.4, 0.5) is 5.69 Å². The molecule has 8 nitrogen and oxygen atoms in total. The zero-order chi connectivity index (χ0) is 21.6. The van der Waals surface area contributed by atoms with E-state index in [2.05, 4.69) is 38.7 Å². The maximum Gasteiger partial charge on any atom is 0.268 e. The van der Waals surface area contributed by atoms with Gasteiger partial charge in [-0.3, -0.25) is 14.5 Å². The monoisotopic (exact) mass is 422 g/mol. The number of carbonyl (C=O) groups is 2. The van der Waals surface area contributed by atoms with E-state index in [9.17, 15) is 14.7 Å². The van der Waals surface area contributed by atoms with E-state index in [0.29, 0.717) is 30.0 Å². The number of aliphatic hydroxyl groups excluding tert-OH is 1. The van der Waals surface area contributed by atoms with Crippen molar-refractivity contribution in [2.24, 2.45) is 0 Å². The molecule has 1 fully saturated rings. The number of aliphatic hydroxyl groups is 1. The Kier molecular flexibility index (Phi) is 4.91. The van der Waals surface area contributed by atoms with Crippen molar-refractivity contribution in [2.45, 2.75) is 50.5 Å². The van der Waals surface area contributed by atoms with Crippen LogP contribution in [0.3, 0.4) is 0 Å². The number of pyridine rings is 1. The molecule has 31 heavy (non-hydrogen) atoms. The fraction of sp³-hybridized carbons (Fsp3) is 0.435. The minimum absolute atomic E-state index is 0.0993. The zero-order valence-electron chi connectivity index (χ0n) is 17.4. The summed E-state index contributed by atoms with van der Waals surface area (Å²) in [5.41, 5.74) is 2.59. The number of carbonyl (C=O) groups excluding carboxylic acids is 2. The number of ether oxygens (including phenoxy) is 1. The number of anilines is 1. The third kappa shape index (κ3) is 3.77. The van der Waals surface area contributed by atoms with Crippen molar-refractivity contribution >= 4 is 17.5 Å². The first kappa shape index (κ1) is 20.0. The second-order valence-electron chi connectivity index (χ2n) is 8.63. The van der Waals surface area contributed by atoms with Crippen molar-refractivity contribution in [3.8, 4) is 5.88 Å². The van der Waals surface area contributed by atoms with E-state index in [-0.39, 0.29) is 24.4 Å². The van der Waals surface area contributed by atoms with E-state index in [1.807, 2.05) is 13.0 Å². The lowest BCUT2D eigenvalue weighted by Crippen LogP contribution is -2.48. The van der Waals surface area contributed by atoms with Gasteiger partial charge in [-0.15, -0.1) is 0 Å². The number of aromatic nitrogens is 1. The highest BCUT2D eigenvalue weighted by atomic mass is 16.5. The van der Waals surface area contributed by atoms with Gasteiger partial charge in [0.2, 0.25) is 5.88 Å². The molecule has 0 saturated heterocycles. The Balaban J connectivity index is 1.18. The molecule has 2 amide bonds. The van der Waals surface area contributed by atoms with Crippen molar-refractivity contribution in [3.05, 3.63) is 53.2 Å². The van der Waals surface area contributed by atoms with Crippen LogP contribution in [0, 0.1) is 0 Å². The number of nitrogens with zero attached hydrogens (tertiary/aromatic N) is 2. The van der Waals surface area contributed by atoms with Crippen LogP contribution >= 0.6 is 0 Å². The van der Waals surface area contributed by atoms with Crippen molar-refractivity contribution in [2.75, 3.05) is 18.4 Å². The fourth-order valence-electron chi connectivity index (χ4n) is 4.24. The third-order valence-corrected chi connectivity index (χ3v) is 6.54. The lowest BCUT2D eigenvalue weighted by atomic mass is 9.98. The molecule has 2 aromatic rings. The van der Waals surface area contributed by atoms with Gasteiger partial charge in [-0.05, 0) is 30.5 Å². The molecule has 1 spiro atoms. The van der Waals surface area contributed by atoms with Gasteiger partial charge in [-0.2, -0.15) is 0 Å². The summed E-state index contributed by atoms with van der Waals surface area (Å²) in [6.07, 6.45) is 3.04. The third-order valence-electron chi connectivity index (χ3n) is 6.54. The van der Waals surface area contributed by atoms with Crippen LogP contribution in [0.15, 0.2) is 36.5 Å². The lowest BCUT2D eigenvalue weighted by molar-refractivity contribution is -0.125. The second-order valence-corrected chi connectivity index (χ2v) is 8.63. The average molecular weight is 422 g/mol. The SMILES string of the molecule is C[C@@H]([C@@H](O)CNC(=O)c1cnc2c(c1)NC(=O)C1(CC1)O2)N1CCc2ccccc2C1. The highest BCUT2D eigenvalue weighted by Crippen LogP contribution is 2.45. The van der Waals surface area contributed by atoms with Gasteiger partial charge in [0.1, 0.15) is 5.69 Å². The molecule has 3 N–H and O–H groups in total. The standard InChI is InChI=1S/C23H26N4O4/c1-14(27-9-6-15-4-2-3-5-16(15)13-27)19(28)12-24-20(29)17-10-18-21(25-11-17)31-23(7-8-23)22(30)26-18/h2-5,10-11,14,19,28H,6-9,12-13H2,1H3,(H,24,29)(H,26,30)/t14-,19-/m0/s1. The second kappa shape index (κ2) is 7.62. The predicted octanol–water partition coefficient (Wildman–Crippen LogP) is 1.48. The topological polar surface area (TPSA) is 104 Å². The highest BCUT2D eigenvalue weighted by molar-refractivity contribution is 6.03. The zero-order valence-corrected chi connectivity index (χ0v) is 17.4. The van der Waals surface area contributed by atoms with Gasteiger partial charge in [0.05, 0.1) is 11.7 Å². The number of amides is 2. The van der Waals surface area contributed by atoms with Crippen LogP contribution in [0.25, 0.3) is 0 Å². The molecule has 3 heterocycles. The van der Waals surface area contributed by atoms with Gasteiger partial charge in [0, 0.05) is 44.7 Å². The molecule has 0 radical (unpaired) electrons. The first-order valence-corrected chi connectivity index (χ1v) is 10.7. The molecule has 1 aromatic heterocycles. The number of benzene rings is 1. The van der Waals surface area contributed by atoms with E-state index in [1.165, 1.54) is 17.3 Å². The van der Waals surface area contributed by atoms with Gasteiger partial charge in [0.15, 0.2) is 5.60 Å². The van der Waals surface area contributed by atoms with Crippen molar-refractivity contribution in [1.82, 2.24) is 15.2 Å². The summed E-state index contributed by atoms with van der Waals surface area (Å²) in [5, 5.41) is 16.2. The highest BCUT2D eigenvalue weighted by Gasteiger charge is 2.55. The summed E-state index contributed by atoms with van der Waals surface area (Å²) >= 11 is 0. The van der Waals surface area contributed by atoms with Crippen LogP contribution in [0.5, 0.6) is 5.88 Å². The Morgan fingerprint density at radius 3 is 2.90 bits per heavy atom. The summed E-state index contributed by atoms with van der Waals surface area (Å²) in [7, 11) is 0. The van der Waals surface area contributed by atoms with E-state index < -0.39 is 11.7 Å². The van der Waals surface area contributed by atoms with Crippen molar-refractivity contribution in [1.29, 1.82) is 0 Å². The van der Waals surface area contributed by atoms with E-state index in [1.54, 1.807) is 6.07 Å².